The molecule has 1 atom stereocenters. The van der Waals surface area contributed by atoms with Crippen LogP contribution in [0.2, 0.25) is 0 Å². The zero-order chi connectivity index (χ0) is 25.9. The van der Waals surface area contributed by atoms with Crippen LogP contribution in [-0.4, -0.2) is 95.6 Å². The Morgan fingerprint density at radius 2 is 1.29 bits per heavy atom. The van der Waals surface area contributed by atoms with Gasteiger partial charge in [-0.3, -0.25) is 19.5 Å². The number of hydrogen-bond donors (Lipinski definition) is 0. The topological polar surface area (TPSA) is 71.5 Å². The van der Waals surface area contributed by atoms with Crippen LogP contribution in [0.15, 0.2) is 0 Å². The fourth-order valence-corrected chi connectivity index (χ4v) is 5.61. The van der Waals surface area contributed by atoms with E-state index in [0.717, 1.165) is 77.8 Å². The minimum Gasteiger partial charge on any atom is -0.466 e. The molecular formula is C27H49N3O5. The molecule has 8 nitrogen and oxygen atoms in total. The quantitative estimate of drug-likeness (QED) is 0.496. The lowest BCUT2D eigenvalue weighted by atomic mass is 9.87. The second kappa shape index (κ2) is 11.4. The number of carbonyl (C=O) groups is 2. The Hall–Kier alpha value is -1.22. The van der Waals surface area contributed by atoms with Crippen molar-refractivity contribution in [1.29, 1.82) is 0 Å². The molecule has 1 aliphatic carbocycles. The number of likely N-dealkylation sites (tertiary alicyclic amines) is 1. The van der Waals surface area contributed by atoms with Gasteiger partial charge in [0.25, 0.3) is 5.85 Å². The summed E-state index contributed by atoms with van der Waals surface area (Å²) in [5, 5.41) is 0. The second-order valence-electron chi connectivity index (χ2n) is 12.3. The first kappa shape index (κ1) is 28.4. The predicted octanol–water partition coefficient (Wildman–Crippen LogP) is 3.63. The van der Waals surface area contributed by atoms with Gasteiger partial charge in [0.2, 0.25) is 0 Å². The SMILES string of the molecule is CCOC(=O)C1CCC(OC(C(=O)OC(C)(C)C)(N2CCCC2)N2CCN(C(C)(C)C)CC2)CC1. The van der Waals surface area contributed by atoms with Crippen molar-refractivity contribution in [1.82, 2.24) is 14.7 Å². The highest BCUT2D eigenvalue weighted by Gasteiger charge is 2.56. The van der Waals surface area contributed by atoms with E-state index in [1.54, 1.807) is 0 Å². The van der Waals surface area contributed by atoms with Crippen molar-refractivity contribution in [2.24, 2.45) is 5.92 Å². The summed E-state index contributed by atoms with van der Waals surface area (Å²) in [7, 11) is 0. The number of carbonyl (C=O) groups excluding carboxylic acids is 2. The van der Waals surface area contributed by atoms with E-state index in [0.29, 0.717) is 6.61 Å². The molecule has 0 N–H and O–H groups in total. The van der Waals surface area contributed by atoms with Gasteiger partial charge in [-0.1, -0.05) is 0 Å². The van der Waals surface area contributed by atoms with E-state index in [2.05, 4.69) is 35.5 Å². The number of esters is 2. The van der Waals surface area contributed by atoms with Gasteiger partial charge < -0.3 is 14.2 Å². The van der Waals surface area contributed by atoms with Crippen LogP contribution in [0.5, 0.6) is 0 Å². The lowest BCUT2D eigenvalue weighted by Crippen LogP contribution is -2.72. The molecule has 202 valence electrons. The summed E-state index contributed by atoms with van der Waals surface area (Å²) in [6.45, 7) is 19.6. The molecule has 0 aromatic carbocycles. The molecule has 1 unspecified atom stereocenters. The highest BCUT2D eigenvalue weighted by atomic mass is 16.6. The molecule has 0 spiro atoms. The summed E-state index contributed by atoms with van der Waals surface area (Å²) >= 11 is 0. The van der Waals surface area contributed by atoms with Crippen molar-refractivity contribution in [2.45, 2.75) is 110 Å². The van der Waals surface area contributed by atoms with E-state index in [1.165, 1.54) is 0 Å². The van der Waals surface area contributed by atoms with Crippen LogP contribution in [0.4, 0.5) is 0 Å². The minimum absolute atomic E-state index is 0.0761. The maximum Gasteiger partial charge on any atom is 0.371 e. The number of rotatable bonds is 7. The van der Waals surface area contributed by atoms with Gasteiger partial charge >= 0.3 is 11.9 Å². The maximum atomic E-state index is 14.1. The summed E-state index contributed by atoms with van der Waals surface area (Å²) in [4.78, 5) is 33.2. The molecule has 3 aliphatic rings. The van der Waals surface area contributed by atoms with Crippen molar-refractivity contribution >= 4 is 11.9 Å². The van der Waals surface area contributed by atoms with Crippen molar-refractivity contribution in [3.63, 3.8) is 0 Å². The normalized spacial score (nSPS) is 27.4. The van der Waals surface area contributed by atoms with E-state index in [9.17, 15) is 9.59 Å². The number of piperazine rings is 1. The molecule has 2 aliphatic heterocycles. The smallest absolute Gasteiger partial charge is 0.371 e. The van der Waals surface area contributed by atoms with Gasteiger partial charge in [0, 0.05) is 44.8 Å². The Morgan fingerprint density at radius 1 is 0.771 bits per heavy atom. The van der Waals surface area contributed by atoms with Gasteiger partial charge in [-0.05, 0) is 87.0 Å². The lowest BCUT2D eigenvalue weighted by Gasteiger charge is -2.52. The maximum absolute atomic E-state index is 14.1. The molecule has 0 bridgehead atoms. The standard InChI is InChI=1S/C27H49N3O5/c1-8-33-23(31)21-11-13-22(14-12-21)34-27(29-15-9-10-16-29,24(32)35-26(5,6)7)30-19-17-28(18-20-30)25(2,3)4/h21-22H,8-20H2,1-7H3. The van der Waals surface area contributed by atoms with E-state index < -0.39 is 11.4 Å². The molecule has 2 saturated heterocycles. The third-order valence-electron chi connectivity index (χ3n) is 7.48. The van der Waals surface area contributed by atoms with E-state index in [1.807, 2.05) is 27.7 Å². The molecule has 0 aromatic rings. The summed E-state index contributed by atoms with van der Waals surface area (Å²) in [5.74, 6) is -1.71. The molecule has 2 heterocycles. The fourth-order valence-electron chi connectivity index (χ4n) is 5.61. The molecule has 0 aromatic heterocycles. The molecule has 3 fully saturated rings. The van der Waals surface area contributed by atoms with E-state index in [-0.39, 0.29) is 29.5 Å². The first-order valence-corrected chi connectivity index (χ1v) is 13.7. The summed E-state index contributed by atoms with van der Waals surface area (Å²) in [6.07, 6.45) is 4.93. The number of hydrogen-bond acceptors (Lipinski definition) is 8. The zero-order valence-corrected chi connectivity index (χ0v) is 23.2. The van der Waals surface area contributed by atoms with Gasteiger partial charge in [-0.2, -0.15) is 0 Å². The van der Waals surface area contributed by atoms with Gasteiger partial charge in [0.1, 0.15) is 5.60 Å². The van der Waals surface area contributed by atoms with E-state index >= 15 is 0 Å². The Labute approximate surface area is 212 Å². The van der Waals surface area contributed by atoms with Crippen LogP contribution in [-0.2, 0) is 23.8 Å². The zero-order valence-electron chi connectivity index (χ0n) is 23.2. The van der Waals surface area contributed by atoms with Gasteiger partial charge in [-0.15, -0.1) is 0 Å². The summed E-state index contributed by atoms with van der Waals surface area (Å²) in [6, 6.07) is 0. The molecule has 0 amide bonds. The summed E-state index contributed by atoms with van der Waals surface area (Å²) < 4.78 is 18.2. The largest absolute Gasteiger partial charge is 0.466 e. The highest BCUT2D eigenvalue weighted by Crippen LogP contribution is 2.37. The fraction of sp³-hybridized carbons (Fsp3) is 0.926. The van der Waals surface area contributed by atoms with Crippen LogP contribution in [0.1, 0.15) is 87.0 Å². The Morgan fingerprint density at radius 3 is 1.77 bits per heavy atom. The van der Waals surface area contributed by atoms with Gasteiger partial charge in [0.15, 0.2) is 0 Å². The highest BCUT2D eigenvalue weighted by molar-refractivity contribution is 5.79. The monoisotopic (exact) mass is 495 g/mol. The Balaban J connectivity index is 1.85. The van der Waals surface area contributed by atoms with Crippen LogP contribution >= 0.6 is 0 Å². The molecule has 1 saturated carbocycles. The van der Waals surface area contributed by atoms with Gasteiger partial charge in [-0.25, -0.2) is 4.79 Å². The van der Waals surface area contributed by atoms with Crippen LogP contribution in [0.3, 0.4) is 0 Å². The Bertz CT molecular complexity index is 709. The molecule has 0 radical (unpaired) electrons. The number of ether oxygens (including phenoxy) is 3. The first-order chi connectivity index (χ1) is 16.4. The molecule has 8 heteroatoms. The third kappa shape index (κ3) is 6.96. The van der Waals surface area contributed by atoms with Crippen molar-refractivity contribution in [3.8, 4) is 0 Å². The molecule has 35 heavy (non-hydrogen) atoms. The average molecular weight is 496 g/mol. The first-order valence-electron chi connectivity index (χ1n) is 13.7. The predicted molar refractivity (Wildman–Crippen MR) is 136 cm³/mol. The van der Waals surface area contributed by atoms with Crippen molar-refractivity contribution in [2.75, 3.05) is 45.9 Å². The van der Waals surface area contributed by atoms with Crippen LogP contribution in [0, 0.1) is 5.92 Å². The number of nitrogens with zero attached hydrogens (tertiary/aromatic N) is 3. The third-order valence-corrected chi connectivity index (χ3v) is 7.48. The molecular weight excluding hydrogens is 446 g/mol. The Kier molecular flexibility index (Phi) is 9.27. The summed E-state index contributed by atoms with van der Waals surface area (Å²) in [5.41, 5.74) is -0.527. The van der Waals surface area contributed by atoms with Crippen molar-refractivity contribution < 1.29 is 23.8 Å². The second-order valence-corrected chi connectivity index (χ2v) is 12.3. The molecule has 3 rings (SSSR count). The van der Waals surface area contributed by atoms with Crippen molar-refractivity contribution in [3.05, 3.63) is 0 Å². The van der Waals surface area contributed by atoms with E-state index in [4.69, 9.17) is 14.2 Å². The van der Waals surface area contributed by atoms with Crippen LogP contribution in [0.25, 0.3) is 0 Å². The average Bonchev–Trinajstić information content (AvgIpc) is 3.31. The van der Waals surface area contributed by atoms with Crippen LogP contribution < -0.4 is 0 Å². The lowest BCUT2D eigenvalue weighted by molar-refractivity contribution is -0.282. The van der Waals surface area contributed by atoms with Gasteiger partial charge in [0.05, 0.1) is 18.6 Å². The minimum atomic E-state index is -1.23.